The van der Waals surface area contributed by atoms with E-state index in [-0.39, 0.29) is 17.9 Å². The first-order valence-electron chi connectivity index (χ1n) is 9.86. The number of benzene rings is 2. The minimum Gasteiger partial charge on any atom is -0.466 e. The Morgan fingerprint density at radius 2 is 1.69 bits per heavy atom. The van der Waals surface area contributed by atoms with Crippen molar-refractivity contribution in [3.63, 3.8) is 0 Å². The lowest BCUT2D eigenvalue weighted by molar-refractivity contribution is -0.136. The second-order valence-electron chi connectivity index (χ2n) is 7.07. The number of pyridine rings is 1. The highest BCUT2D eigenvalue weighted by Gasteiger charge is 2.21. The molecule has 0 unspecified atom stereocenters. The second-order valence-corrected chi connectivity index (χ2v) is 7.07. The van der Waals surface area contributed by atoms with Gasteiger partial charge in [0.15, 0.2) is 6.29 Å². The molecule has 0 aliphatic carbocycles. The molecule has 0 aliphatic rings. The molecule has 2 aromatic heterocycles. The maximum atomic E-state index is 12.6. The molecule has 2 aromatic carbocycles. The lowest BCUT2D eigenvalue weighted by Crippen LogP contribution is -2.13. The summed E-state index contributed by atoms with van der Waals surface area (Å²) in [7, 11) is 2.59. The Hall–Kier alpha value is -4.26. The number of aromatic nitrogens is 2. The first-order valence-corrected chi connectivity index (χ1v) is 9.86. The molecule has 0 fully saturated rings. The number of para-hydroxylation sites is 1. The molecular weight excluding hydrogens is 408 g/mol. The normalized spacial score (nSPS) is 11.5. The van der Waals surface area contributed by atoms with Crippen LogP contribution in [0.5, 0.6) is 0 Å². The van der Waals surface area contributed by atoms with Crippen LogP contribution in [-0.4, -0.2) is 42.0 Å². The van der Waals surface area contributed by atoms with Gasteiger partial charge in [-0.3, -0.25) is 4.79 Å². The Bertz CT molecular complexity index is 1370. The summed E-state index contributed by atoms with van der Waals surface area (Å²) < 4.78 is 11.6. The van der Waals surface area contributed by atoms with E-state index in [4.69, 9.17) is 9.47 Å². The summed E-state index contributed by atoms with van der Waals surface area (Å²) >= 11 is 0. The minimum absolute atomic E-state index is 0.0398. The molecule has 0 saturated heterocycles. The number of esters is 2. The summed E-state index contributed by atoms with van der Waals surface area (Å²) in [5.74, 6) is -1.11. The quantitative estimate of drug-likeness (QED) is 0.262. The van der Waals surface area contributed by atoms with E-state index >= 15 is 0 Å². The second kappa shape index (κ2) is 8.85. The van der Waals surface area contributed by atoms with E-state index in [1.807, 2.05) is 59.2 Å². The molecule has 0 aliphatic heterocycles. The smallest absolute Gasteiger partial charge is 0.356 e. The summed E-state index contributed by atoms with van der Waals surface area (Å²) in [5.41, 5.74) is 2.68. The van der Waals surface area contributed by atoms with Gasteiger partial charge in [0, 0.05) is 16.3 Å². The Morgan fingerprint density at radius 1 is 0.969 bits per heavy atom. The minimum atomic E-state index is -0.633. The lowest BCUT2D eigenvalue weighted by atomic mass is 10.1. The van der Waals surface area contributed by atoms with Crippen LogP contribution in [0.4, 0.5) is 0 Å². The average Bonchev–Trinajstić information content (AvgIpc) is 3.16. The Kier molecular flexibility index (Phi) is 5.81. The van der Waals surface area contributed by atoms with Crippen molar-refractivity contribution in [1.82, 2.24) is 9.55 Å². The Balaban J connectivity index is 1.98. The Labute approximate surface area is 183 Å². The first kappa shape index (κ1) is 21.0. The van der Waals surface area contributed by atoms with Gasteiger partial charge in [-0.1, -0.05) is 48.5 Å². The van der Waals surface area contributed by atoms with Gasteiger partial charge in [-0.05, 0) is 23.8 Å². The molecule has 0 spiro atoms. The number of methoxy groups -OCH3 is 2. The van der Waals surface area contributed by atoms with E-state index in [0.717, 1.165) is 16.5 Å². The van der Waals surface area contributed by atoms with Crippen molar-refractivity contribution >= 4 is 46.1 Å². The number of fused-ring (bicyclic) bond motifs is 3. The van der Waals surface area contributed by atoms with E-state index in [1.165, 1.54) is 14.2 Å². The van der Waals surface area contributed by atoms with Crippen molar-refractivity contribution in [3.05, 3.63) is 83.2 Å². The van der Waals surface area contributed by atoms with Crippen LogP contribution < -0.4 is 0 Å². The summed E-state index contributed by atoms with van der Waals surface area (Å²) in [4.78, 5) is 40.8. The molecule has 7 nitrogen and oxygen atoms in total. The van der Waals surface area contributed by atoms with E-state index in [1.54, 1.807) is 12.1 Å². The molecule has 4 rings (SSSR count). The van der Waals surface area contributed by atoms with Crippen molar-refractivity contribution in [3.8, 4) is 0 Å². The van der Waals surface area contributed by atoms with Gasteiger partial charge >= 0.3 is 11.9 Å². The summed E-state index contributed by atoms with van der Waals surface area (Å²) in [6, 6.07) is 18.5. The predicted molar refractivity (Wildman–Crippen MR) is 120 cm³/mol. The fourth-order valence-corrected chi connectivity index (χ4v) is 3.78. The molecule has 0 atom stereocenters. The van der Waals surface area contributed by atoms with Crippen LogP contribution >= 0.6 is 0 Å². The van der Waals surface area contributed by atoms with Gasteiger partial charge in [0.1, 0.15) is 11.4 Å². The maximum Gasteiger partial charge on any atom is 0.356 e. The van der Waals surface area contributed by atoms with Crippen LogP contribution in [0, 0.1) is 0 Å². The number of carbonyl (C=O) groups is 3. The highest BCUT2D eigenvalue weighted by molar-refractivity contribution is 6.13. The molecule has 0 N–H and O–H groups in total. The molecule has 160 valence electrons. The van der Waals surface area contributed by atoms with Crippen LogP contribution in [-0.2, 0) is 20.8 Å². The molecule has 2 heterocycles. The first-order chi connectivity index (χ1) is 15.6. The van der Waals surface area contributed by atoms with Gasteiger partial charge in [-0.15, -0.1) is 0 Å². The van der Waals surface area contributed by atoms with Gasteiger partial charge in [0.25, 0.3) is 0 Å². The third kappa shape index (κ3) is 3.76. The maximum absolute atomic E-state index is 12.6. The Morgan fingerprint density at radius 3 is 2.38 bits per heavy atom. The zero-order valence-corrected chi connectivity index (χ0v) is 17.6. The molecule has 32 heavy (non-hydrogen) atoms. The van der Waals surface area contributed by atoms with Gasteiger partial charge in [-0.25, -0.2) is 14.6 Å². The highest BCUT2D eigenvalue weighted by Crippen LogP contribution is 2.32. The highest BCUT2D eigenvalue weighted by atomic mass is 16.5. The number of ether oxygens (including phenoxy) is 2. The van der Waals surface area contributed by atoms with E-state index in [9.17, 15) is 14.4 Å². The van der Waals surface area contributed by atoms with Gasteiger partial charge in [0.2, 0.25) is 0 Å². The predicted octanol–water partition coefficient (Wildman–Crippen LogP) is 4.05. The topological polar surface area (TPSA) is 87.5 Å². The van der Waals surface area contributed by atoms with Gasteiger partial charge in [0.05, 0.1) is 31.9 Å². The molecular formula is C25H20N2O5. The van der Waals surface area contributed by atoms with E-state index in [0.29, 0.717) is 22.8 Å². The largest absolute Gasteiger partial charge is 0.466 e. The zero-order valence-electron chi connectivity index (χ0n) is 17.6. The third-order valence-corrected chi connectivity index (χ3v) is 5.20. The van der Waals surface area contributed by atoms with Crippen LogP contribution in [0.1, 0.15) is 26.5 Å². The van der Waals surface area contributed by atoms with Crippen molar-refractivity contribution < 1.29 is 23.9 Å². The number of nitrogens with zero attached hydrogens (tertiary/aromatic N) is 2. The monoisotopic (exact) mass is 428 g/mol. The van der Waals surface area contributed by atoms with Crippen LogP contribution in [0.15, 0.2) is 66.2 Å². The number of hydrogen-bond donors (Lipinski definition) is 0. The molecule has 0 amide bonds. The van der Waals surface area contributed by atoms with Crippen molar-refractivity contribution in [2.75, 3.05) is 14.2 Å². The fourth-order valence-electron chi connectivity index (χ4n) is 3.78. The van der Waals surface area contributed by atoms with Crippen LogP contribution in [0.3, 0.4) is 0 Å². The van der Waals surface area contributed by atoms with Crippen molar-refractivity contribution in [2.45, 2.75) is 6.54 Å². The zero-order chi connectivity index (χ0) is 22.7. The SMILES string of the molecule is COC(=O)/C(=C/c1ccccc1)Cn1c2ccccc2c2cc(C(=O)OC)nc(C=O)c21. The van der Waals surface area contributed by atoms with Crippen LogP contribution in [0.2, 0.25) is 0 Å². The number of rotatable bonds is 6. The summed E-state index contributed by atoms with van der Waals surface area (Å²) in [5, 5.41) is 1.49. The molecule has 0 bridgehead atoms. The van der Waals surface area contributed by atoms with Gasteiger partial charge in [-0.2, -0.15) is 0 Å². The lowest BCUT2D eigenvalue weighted by Gasteiger charge is -2.11. The molecule has 7 heteroatoms. The fraction of sp³-hybridized carbons (Fsp3) is 0.120. The molecule has 0 radical (unpaired) electrons. The molecule has 0 saturated carbocycles. The third-order valence-electron chi connectivity index (χ3n) is 5.20. The van der Waals surface area contributed by atoms with Gasteiger partial charge < -0.3 is 14.0 Å². The number of carbonyl (C=O) groups excluding carboxylic acids is 3. The van der Waals surface area contributed by atoms with Crippen molar-refractivity contribution in [1.29, 1.82) is 0 Å². The number of hydrogen-bond acceptors (Lipinski definition) is 6. The van der Waals surface area contributed by atoms with Crippen LogP contribution in [0.25, 0.3) is 27.9 Å². The van der Waals surface area contributed by atoms with E-state index < -0.39 is 11.9 Å². The number of aldehydes is 1. The standard InChI is InChI=1S/C25H20N2O5/c1-31-24(29)17(12-16-8-4-3-5-9-16)14-27-22-11-7-6-10-18(22)19-13-20(25(30)32-2)26-21(15-28)23(19)27/h3-13,15H,14H2,1-2H3/b17-12+. The molecule has 4 aromatic rings. The summed E-state index contributed by atoms with van der Waals surface area (Å²) in [6.07, 6.45) is 2.35. The van der Waals surface area contributed by atoms with Crippen molar-refractivity contribution in [2.24, 2.45) is 0 Å². The van der Waals surface area contributed by atoms with E-state index in [2.05, 4.69) is 4.98 Å². The summed E-state index contributed by atoms with van der Waals surface area (Å²) in [6.45, 7) is 0.145. The average molecular weight is 428 g/mol.